The average molecular weight is 394 g/mol. The summed E-state index contributed by atoms with van der Waals surface area (Å²) in [5, 5.41) is 2.61. The largest absolute Gasteiger partial charge is 0.469 e. The maximum absolute atomic E-state index is 12.7. The monoisotopic (exact) mass is 393 g/mol. The second kappa shape index (κ2) is 8.57. The third-order valence-corrected chi connectivity index (χ3v) is 4.45. The topological polar surface area (TPSA) is 71.5 Å². The first-order valence-electron chi connectivity index (χ1n) is 8.04. The molecule has 1 N–H and O–H groups in total. The molecule has 1 saturated heterocycles. The minimum atomic E-state index is -4.50. The van der Waals surface area contributed by atoms with E-state index in [0.29, 0.717) is 25.9 Å². The molecule has 1 amide bonds. The lowest BCUT2D eigenvalue weighted by molar-refractivity contribution is -0.140. The van der Waals surface area contributed by atoms with Crippen molar-refractivity contribution in [1.29, 1.82) is 0 Å². The number of alkyl halides is 3. The number of amides is 1. The maximum Gasteiger partial charge on any atom is 0.417 e. The third kappa shape index (κ3) is 5.23. The molecule has 6 nitrogen and oxygen atoms in total. The Bertz CT molecular complexity index is 662. The van der Waals surface area contributed by atoms with Crippen LogP contribution in [0.25, 0.3) is 0 Å². The van der Waals surface area contributed by atoms with Crippen LogP contribution in [0.5, 0.6) is 0 Å². The van der Waals surface area contributed by atoms with Gasteiger partial charge >= 0.3 is 12.1 Å². The van der Waals surface area contributed by atoms with Gasteiger partial charge in [-0.15, -0.1) is 0 Å². The number of pyridine rings is 1. The highest BCUT2D eigenvalue weighted by atomic mass is 35.5. The number of rotatable bonds is 5. The van der Waals surface area contributed by atoms with Crippen LogP contribution in [0, 0.1) is 5.92 Å². The molecule has 26 heavy (non-hydrogen) atoms. The first-order chi connectivity index (χ1) is 12.2. The van der Waals surface area contributed by atoms with E-state index in [1.54, 1.807) is 4.90 Å². The van der Waals surface area contributed by atoms with Crippen LogP contribution >= 0.6 is 11.6 Å². The first-order valence-corrected chi connectivity index (χ1v) is 8.42. The van der Waals surface area contributed by atoms with Crippen LogP contribution in [0.2, 0.25) is 5.02 Å². The maximum atomic E-state index is 12.7. The summed E-state index contributed by atoms with van der Waals surface area (Å²) in [5.41, 5.74) is -0.897. The molecule has 2 rings (SSSR count). The van der Waals surface area contributed by atoms with Crippen LogP contribution < -0.4 is 10.2 Å². The molecule has 0 unspecified atom stereocenters. The van der Waals surface area contributed by atoms with Crippen LogP contribution in [0.1, 0.15) is 24.8 Å². The molecule has 0 spiro atoms. The molecule has 0 aromatic carbocycles. The molecule has 1 aromatic rings. The number of carbonyl (C=O) groups excluding carboxylic acids is 2. The van der Waals surface area contributed by atoms with Gasteiger partial charge in [-0.1, -0.05) is 11.6 Å². The van der Waals surface area contributed by atoms with Crippen molar-refractivity contribution in [2.45, 2.75) is 25.4 Å². The number of halogens is 4. The number of hydrogen-bond acceptors (Lipinski definition) is 5. The number of piperidine rings is 1. The Balaban J connectivity index is 1.88. The number of anilines is 1. The van der Waals surface area contributed by atoms with Gasteiger partial charge in [-0.05, 0) is 18.9 Å². The Morgan fingerprint density at radius 3 is 2.58 bits per heavy atom. The van der Waals surface area contributed by atoms with Crippen molar-refractivity contribution in [3.63, 3.8) is 0 Å². The molecule has 0 aliphatic carbocycles. The van der Waals surface area contributed by atoms with Crippen LogP contribution in [0.15, 0.2) is 12.3 Å². The number of hydrogen-bond donors (Lipinski definition) is 1. The van der Waals surface area contributed by atoms with Crippen LogP contribution in [0.3, 0.4) is 0 Å². The van der Waals surface area contributed by atoms with E-state index >= 15 is 0 Å². The van der Waals surface area contributed by atoms with E-state index in [1.165, 1.54) is 7.11 Å². The third-order valence-electron chi connectivity index (χ3n) is 4.17. The number of methoxy groups -OCH3 is 1. The summed E-state index contributed by atoms with van der Waals surface area (Å²) in [5.74, 6) is -0.496. The quantitative estimate of drug-likeness (QED) is 0.779. The molecule has 1 fully saturated rings. The summed E-state index contributed by atoms with van der Waals surface area (Å²) in [7, 11) is 1.28. The number of carbonyl (C=O) groups is 2. The molecule has 0 atom stereocenters. The van der Waals surface area contributed by atoms with Crippen molar-refractivity contribution in [2.24, 2.45) is 5.92 Å². The number of nitrogens with zero attached hydrogens (tertiary/aromatic N) is 2. The zero-order valence-corrected chi connectivity index (χ0v) is 14.9. The van der Waals surface area contributed by atoms with Gasteiger partial charge in [0, 0.05) is 31.7 Å². The van der Waals surface area contributed by atoms with Gasteiger partial charge in [0.25, 0.3) is 0 Å². The van der Waals surface area contributed by atoms with Crippen LogP contribution in [-0.4, -0.2) is 43.6 Å². The Kier molecular flexibility index (Phi) is 6.69. The van der Waals surface area contributed by atoms with Crippen molar-refractivity contribution in [2.75, 3.05) is 31.6 Å². The zero-order valence-electron chi connectivity index (χ0n) is 14.1. The lowest BCUT2D eigenvalue weighted by Crippen LogP contribution is -2.41. The number of nitrogens with one attached hydrogen (secondary N) is 1. The minimum Gasteiger partial charge on any atom is -0.469 e. The molecule has 1 aromatic heterocycles. The van der Waals surface area contributed by atoms with E-state index in [0.717, 1.165) is 12.3 Å². The fourth-order valence-electron chi connectivity index (χ4n) is 2.71. The second-order valence-corrected chi connectivity index (χ2v) is 6.31. The molecule has 1 aliphatic heterocycles. The van der Waals surface area contributed by atoms with Gasteiger partial charge < -0.3 is 15.0 Å². The normalized spacial score (nSPS) is 15.7. The Labute approximate surface area is 153 Å². The van der Waals surface area contributed by atoms with E-state index in [2.05, 4.69) is 15.0 Å². The van der Waals surface area contributed by atoms with Crippen molar-refractivity contribution in [3.05, 3.63) is 22.8 Å². The summed E-state index contributed by atoms with van der Waals surface area (Å²) in [6.45, 7) is 1.11. The summed E-state index contributed by atoms with van der Waals surface area (Å²) in [4.78, 5) is 28.7. The second-order valence-electron chi connectivity index (χ2n) is 5.91. The SMILES string of the molecule is COC(=O)CCNC(=O)C1CCN(c2ncc(C(F)(F)F)cc2Cl)CC1. The molecule has 2 heterocycles. The summed E-state index contributed by atoms with van der Waals surface area (Å²) >= 11 is 5.95. The average Bonchev–Trinajstić information content (AvgIpc) is 2.60. The number of aromatic nitrogens is 1. The summed E-state index contributed by atoms with van der Waals surface area (Å²) in [6, 6.07) is 0.857. The molecule has 1 aliphatic rings. The number of esters is 1. The van der Waals surface area contributed by atoms with E-state index in [9.17, 15) is 22.8 Å². The highest BCUT2D eigenvalue weighted by Crippen LogP contribution is 2.34. The van der Waals surface area contributed by atoms with Gasteiger partial charge in [-0.25, -0.2) is 4.98 Å². The zero-order chi connectivity index (χ0) is 19.3. The van der Waals surface area contributed by atoms with E-state index in [4.69, 9.17) is 11.6 Å². The molecule has 0 bridgehead atoms. The van der Waals surface area contributed by atoms with Crippen molar-refractivity contribution < 1.29 is 27.5 Å². The van der Waals surface area contributed by atoms with Gasteiger partial charge in [0.2, 0.25) is 5.91 Å². The highest BCUT2D eigenvalue weighted by Gasteiger charge is 2.33. The molecule has 0 saturated carbocycles. The predicted molar refractivity (Wildman–Crippen MR) is 88.8 cm³/mol. The predicted octanol–water partition coefficient (Wildman–Crippen LogP) is 2.65. The fraction of sp³-hybridized carbons (Fsp3) is 0.562. The molecule has 144 valence electrons. The molecule has 10 heteroatoms. The molecular formula is C16H19ClF3N3O3. The minimum absolute atomic E-state index is 0.0687. The lowest BCUT2D eigenvalue weighted by atomic mass is 9.96. The standard InChI is InChI=1S/C16H19ClF3N3O3/c1-26-13(24)2-5-21-15(25)10-3-6-23(7-4-10)14-12(17)8-11(9-22-14)16(18,19)20/h8-10H,2-7H2,1H3,(H,21,25). The van der Waals surface area contributed by atoms with Gasteiger partial charge in [0.1, 0.15) is 5.82 Å². The van der Waals surface area contributed by atoms with Crippen molar-refractivity contribution in [3.8, 4) is 0 Å². The smallest absolute Gasteiger partial charge is 0.417 e. The highest BCUT2D eigenvalue weighted by molar-refractivity contribution is 6.33. The van der Waals surface area contributed by atoms with Gasteiger partial charge in [-0.3, -0.25) is 9.59 Å². The summed E-state index contributed by atoms with van der Waals surface area (Å²) in [6.07, 6.45) is -2.60. The number of ether oxygens (including phenoxy) is 1. The van der Waals surface area contributed by atoms with Crippen LogP contribution in [0.4, 0.5) is 19.0 Å². The first kappa shape index (κ1) is 20.3. The van der Waals surface area contributed by atoms with Crippen LogP contribution in [-0.2, 0) is 20.5 Å². The van der Waals surface area contributed by atoms with Crippen molar-refractivity contribution >= 4 is 29.3 Å². The Morgan fingerprint density at radius 2 is 2.04 bits per heavy atom. The summed E-state index contributed by atoms with van der Waals surface area (Å²) < 4.78 is 42.5. The Hall–Kier alpha value is -2.03. The van der Waals surface area contributed by atoms with Gasteiger partial charge in [0.05, 0.1) is 24.1 Å². The lowest BCUT2D eigenvalue weighted by Gasteiger charge is -2.32. The van der Waals surface area contributed by atoms with Crippen molar-refractivity contribution in [1.82, 2.24) is 10.3 Å². The van der Waals surface area contributed by atoms with E-state index < -0.39 is 17.7 Å². The molecular weight excluding hydrogens is 375 g/mol. The van der Waals surface area contributed by atoms with Gasteiger partial charge in [-0.2, -0.15) is 13.2 Å². The Morgan fingerprint density at radius 1 is 1.38 bits per heavy atom. The van der Waals surface area contributed by atoms with E-state index in [1.807, 2.05) is 0 Å². The van der Waals surface area contributed by atoms with Gasteiger partial charge in [0.15, 0.2) is 0 Å². The van der Waals surface area contributed by atoms with E-state index in [-0.39, 0.29) is 35.6 Å². The molecule has 0 radical (unpaired) electrons. The fourth-order valence-corrected chi connectivity index (χ4v) is 2.99.